The molecule has 0 bridgehead atoms. The normalized spacial score (nSPS) is 17.0. The molecular formula is C19H30N4O. The van der Waals surface area contributed by atoms with Crippen molar-refractivity contribution in [2.45, 2.75) is 40.5 Å². The Morgan fingerprint density at radius 1 is 1.29 bits per heavy atom. The molecule has 1 aromatic carbocycles. The summed E-state index contributed by atoms with van der Waals surface area (Å²) < 4.78 is 0. The first-order valence-corrected chi connectivity index (χ1v) is 8.79. The molecule has 1 aliphatic heterocycles. The number of benzene rings is 1. The predicted molar refractivity (Wildman–Crippen MR) is 100 cm³/mol. The van der Waals surface area contributed by atoms with Gasteiger partial charge in [0.1, 0.15) is 0 Å². The van der Waals surface area contributed by atoms with Crippen LogP contribution in [0.2, 0.25) is 0 Å². The van der Waals surface area contributed by atoms with Crippen LogP contribution in [0, 0.1) is 5.41 Å². The molecule has 24 heavy (non-hydrogen) atoms. The first kappa shape index (κ1) is 18.3. The molecule has 0 radical (unpaired) electrons. The summed E-state index contributed by atoms with van der Waals surface area (Å²) in [4.78, 5) is 18.2. The van der Waals surface area contributed by atoms with Gasteiger partial charge in [-0.15, -0.1) is 0 Å². The monoisotopic (exact) mass is 330 g/mol. The first-order valence-electron chi connectivity index (χ1n) is 8.79. The average molecular weight is 330 g/mol. The number of hydrogen-bond acceptors (Lipinski definition) is 2. The molecule has 5 heteroatoms. The predicted octanol–water partition coefficient (Wildman–Crippen LogP) is 2.88. The van der Waals surface area contributed by atoms with Crippen molar-refractivity contribution in [1.82, 2.24) is 10.2 Å². The topological polar surface area (TPSA) is 56.7 Å². The zero-order valence-corrected chi connectivity index (χ0v) is 15.4. The number of carbonyl (C=O) groups excluding carboxylic acids is 1. The van der Waals surface area contributed by atoms with Crippen LogP contribution >= 0.6 is 0 Å². The Morgan fingerprint density at radius 3 is 2.54 bits per heavy atom. The van der Waals surface area contributed by atoms with Crippen LogP contribution in [0.1, 0.15) is 39.7 Å². The Morgan fingerprint density at radius 2 is 2.00 bits per heavy atom. The number of guanidine groups is 1. The van der Waals surface area contributed by atoms with Crippen LogP contribution in [0.15, 0.2) is 29.3 Å². The lowest BCUT2D eigenvalue weighted by atomic mass is 9.93. The molecule has 0 atom stereocenters. The standard InChI is InChI=1S/C19H30N4O/c1-5-20-18(23-13-11-19(3,4)14-23)21-12-10-16-6-8-17(9-7-16)22-15(2)24/h6-9H,5,10-14H2,1-4H3,(H,20,21)(H,22,24). The van der Waals surface area contributed by atoms with E-state index >= 15 is 0 Å². The molecule has 0 spiro atoms. The minimum absolute atomic E-state index is 0.0452. The fourth-order valence-electron chi connectivity index (χ4n) is 2.97. The van der Waals surface area contributed by atoms with Crippen molar-refractivity contribution < 1.29 is 4.79 Å². The molecule has 0 unspecified atom stereocenters. The van der Waals surface area contributed by atoms with E-state index in [-0.39, 0.29) is 5.91 Å². The van der Waals surface area contributed by atoms with Crippen LogP contribution in [0.25, 0.3) is 0 Å². The lowest BCUT2D eigenvalue weighted by Gasteiger charge is -2.23. The maximum absolute atomic E-state index is 11.0. The molecule has 2 rings (SSSR count). The summed E-state index contributed by atoms with van der Waals surface area (Å²) in [5, 5.41) is 6.19. The first-order chi connectivity index (χ1) is 11.4. The number of likely N-dealkylation sites (tertiary alicyclic amines) is 1. The lowest BCUT2D eigenvalue weighted by molar-refractivity contribution is -0.114. The van der Waals surface area contributed by atoms with E-state index in [1.165, 1.54) is 18.9 Å². The minimum Gasteiger partial charge on any atom is -0.357 e. The number of aliphatic imine (C=N–C) groups is 1. The molecule has 2 N–H and O–H groups in total. The van der Waals surface area contributed by atoms with Crippen LogP contribution in [-0.4, -0.2) is 42.9 Å². The highest BCUT2D eigenvalue weighted by Crippen LogP contribution is 2.28. The minimum atomic E-state index is -0.0452. The molecule has 0 aromatic heterocycles. The van der Waals surface area contributed by atoms with Gasteiger partial charge in [0.2, 0.25) is 5.91 Å². The number of nitrogens with zero attached hydrogens (tertiary/aromatic N) is 2. The summed E-state index contributed by atoms with van der Waals surface area (Å²) in [6, 6.07) is 7.97. The van der Waals surface area contributed by atoms with Gasteiger partial charge in [-0.05, 0) is 42.9 Å². The van der Waals surface area contributed by atoms with Crippen molar-refractivity contribution in [1.29, 1.82) is 0 Å². The fourth-order valence-corrected chi connectivity index (χ4v) is 2.97. The zero-order valence-electron chi connectivity index (χ0n) is 15.4. The molecular weight excluding hydrogens is 300 g/mol. The van der Waals surface area contributed by atoms with Crippen molar-refractivity contribution in [3.8, 4) is 0 Å². The van der Waals surface area contributed by atoms with Crippen molar-refractivity contribution in [2.75, 3.05) is 31.5 Å². The van der Waals surface area contributed by atoms with Gasteiger partial charge in [-0.3, -0.25) is 9.79 Å². The number of hydrogen-bond donors (Lipinski definition) is 2. The van der Waals surface area contributed by atoms with E-state index in [1.807, 2.05) is 24.3 Å². The molecule has 1 amide bonds. The van der Waals surface area contributed by atoms with Crippen molar-refractivity contribution in [2.24, 2.45) is 10.4 Å². The van der Waals surface area contributed by atoms with E-state index in [1.54, 1.807) is 0 Å². The third-order valence-corrected chi connectivity index (χ3v) is 4.25. The molecule has 132 valence electrons. The second kappa shape index (κ2) is 8.18. The second-order valence-corrected chi connectivity index (χ2v) is 7.20. The Kier molecular flexibility index (Phi) is 6.23. The summed E-state index contributed by atoms with van der Waals surface area (Å²) in [7, 11) is 0. The van der Waals surface area contributed by atoms with E-state index in [2.05, 4.69) is 36.3 Å². The van der Waals surface area contributed by atoms with Crippen LogP contribution in [0.5, 0.6) is 0 Å². The van der Waals surface area contributed by atoms with Crippen LogP contribution < -0.4 is 10.6 Å². The Bertz CT molecular complexity index is 578. The Balaban J connectivity index is 1.91. The molecule has 5 nitrogen and oxygen atoms in total. The molecule has 1 aromatic rings. The van der Waals surface area contributed by atoms with E-state index in [0.29, 0.717) is 5.41 Å². The van der Waals surface area contributed by atoms with Gasteiger partial charge in [0.25, 0.3) is 0 Å². The summed E-state index contributed by atoms with van der Waals surface area (Å²) >= 11 is 0. The third-order valence-electron chi connectivity index (χ3n) is 4.25. The van der Waals surface area contributed by atoms with Gasteiger partial charge in [0.05, 0.1) is 0 Å². The van der Waals surface area contributed by atoms with Crippen molar-refractivity contribution in [3.05, 3.63) is 29.8 Å². The maximum atomic E-state index is 11.0. The van der Waals surface area contributed by atoms with Gasteiger partial charge in [0, 0.05) is 38.8 Å². The van der Waals surface area contributed by atoms with E-state index in [0.717, 1.165) is 44.2 Å². The highest BCUT2D eigenvalue weighted by atomic mass is 16.1. The molecule has 1 heterocycles. The van der Waals surface area contributed by atoms with Crippen LogP contribution in [0.4, 0.5) is 5.69 Å². The average Bonchev–Trinajstić information content (AvgIpc) is 2.87. The van der Waals surface area contributed by atoms with Gasteiger partial charge < -0.3 is 15.5 Å². The smallest absolute Gasteiger partial charge is 0.221 e. The highest BCUT2D eigenvalue weighted by Gasteiger charge is 2.30. The summed E-state index contributed by atoms with van der Waals surface area (Å²) in [6.07, 6.45) is 2.11. The van der Waals surface area contributed by atoms with E-state index in [9.17, 15) is 4.79 Å². The van der Waals surface area contributed by atoms with Gasteiger partial charge in [-0.1, -0.05) is 26.0 Å². The van der Waals surface area contributed by atoms with Gasteiger partial charge >= 0.3 is 0 Å². The molecule has 0 saturated carbocycles. The van der Waals surface area contributed by atoms with Crippen LogP contribution in [0.3, 0.4) is 0 Å². The molecule has 1 fully saturated rings. The fraction of sp³-hybridized carbons (Fsp3) is 0.579. The van der Waals surface area contributed by atoms with E-state index < -0.39 is 0 Å². The summed E-state index contributed by atoms with van der Waals surface area (Å²) in [5.74, 6) is 0.981. The van der Waals surface area contributed by atoms with Crippen LogP contribution in [-0.2, 0) is 11.2 Å². The molecule has 0 aliphatic carbocycles. The maximum Gasteiger partial charge on any atom is 0.221 e. The number of carbonyl (C=O) groups is 1. The molecule has 1 aliphatic rings. The number of anilines is 1. The van der Waals surface area contributed by atoms with Gasteiger partial charge in [-0.25, -0.2) is 0 Å². The van der Waals surface area contributed by atoms with Crippen molar-refractivity contribution >= 4 is 17.6 Å². The summed E-state index contributed by atoms with van der Waals surface area (Å²) in [6.45, 7) is 12.0. The quantitative estimate of drug-likeness (QED) is 0.645. The number of nitrogens with one attached hydrogen (secondary N) is 2. The van der Waals surface area contributed by atoms with E-state index in [4.69, 9.17) is 4.99 Å². The Hall–Kier alpha value is -2.04. The third kappa shape index (κ3) is 5.55. The Labute approximate surface area is 145 Å². The zero-order chi connectivity index (χ0) is 17.6. The molecule has 1 saturated heterocycles. The highest BCUT2D eigenvalue weighted by molar-refractivity contribution is 5.88. The van der Waals surface area contributed by atoms with Gasteiger partial charge in [-0.2, -0.15) is 0 Å². The number of amides is 1. The second-order valence-electron chi connectivity index (χ2n) is 7.20. The SMILES string of the molecule is CCNC(=NCCc1ccc(NC(C)=O)cc1)N1CCC(C)(C)C1. The van der Waals surface area contributed by atoms with Gasteiger partial charge in [0.15, 0.2) is 5.96 Å². The number of rotatable bonds is 5. The largest absolute Gasteiger partial charge is 0.357 e. The summed E-state index contributed by atoms with van der Waals surface area (Å²) in [5.41, 5.74) is 2.43. The lowest BCUT2D eigenvalue weighted by Crippen LogP contribution is -2.40. The van der Waals surface area contributed by atoms with Crippen molar-refractivity contribution in [3.63, 3.8) is 0 Å².